The van der Waals surface area contributed by atoms with Crippen LogP contribution in [-0.4, -0.2) is 36.4 Å². The summed E-state index contributed by atoms with van der Waals surface area (Å²) in [5.41, 5.74) is 4.58. The topological polar surface area (TPSA) is 49.9 Å². The van der Waals surface area contributed by atoms with Crippen molar-refractivity contribution in [2.45, 2.75) is 47.5 Å². The van der Waals surface area contributed by atoms with E-state index in [0.717, 1.165) is 48.4 Å². The molecular formula is C28H34N2O3. The zero-order valence-electron chi connectivity index (χ0n) is 20.4. The van der Waals surface area contributed by atoms with E-state index in [1.807, 2.05) is 56.3 Å². The van der Waals surface area contributed by atoms with Crippen LogP contribution in [0.1, 0.15) is 50.3 Å². The minimum atomic E-state index is -0.258. The van der Waals surface area contributed by atoms with E-state index in [0.29, 0.717) is 35.4 Å². The van der Waals surface area contributed by atoms with Crippen molar-refractivity contribution in [1.82, 2.24) is 4.90 Å². The van der Waals surface area contributed by atoms with Gasteiger partial charge < -0.3 is 9.64 Å². The van der Waals surface area contributed by atoms with E-state index < -0.39 is 0 Å². The number of anilines is 1. The lowest BCUT2D eigenvalue weighted by atomic mass is 9.91. The number of ether oxygens (including phenoxy) is 1. The van der Waals surface area contributed by atoms with Gasteiger partial charge in [-0.3, -0.25) is 9.59 Å². The normalized spacial score (nSPS) is 21.2. The Kier molecular flexibility index (Phi) is 6.59. The third kappa shape index (κ3) is 4.54. The molecule has 2 atom stereocenters. The minimum Gasteiger partial charge on any atom is -0.494 e. The molecule has 0 spiro atoms. The number of nitrogens with zero attached hydrogens (tertiary/aromatic N) is 2. The molecule has 2 aliphatic rings. The Morgan fingerprint density at radius 1 is 0.909 bits per heavy atom. The lowest BCUT2D eigenvalue weighted by Crippen LogP contribution is -2.42. The van der Waals surface area contributed by atoms with Crippen molar-refractivity contribution in [3.8, 4) is 5.75 Å². The highest BCUT2D eigenvalue weighted by Gasteiger charge is 2.43. The van der Waals surface area contributed by atoms with Crippen LogP contribution in [0.15, 0.2) is 48.2 Å². The number of carbonyl (C=O) groups is 2. The van der Waals surface area contributed by atoms with Crippen LogP contribution in [0.5, 0.6) is 5.75 Å². The number of benzene rings is 2. The molecule has 0 saturated carbocycles. The molecular weight excluding hydrogens is 412 g/mol. The van der Waals surface area contributed by atoms with E-state index >= 15 is 0 Å². The van der Waals surface area contributed by atoms with E-state index in [1.165, 1.54) is 4.90 Å². The summed E-state index contributed by atoms with van der Waals surface area (Å²) >= 11 is 0. The van der Waals surface area contributed by atoms with Crippen LogP contribution in [0.2, 0.25) is 0 Å². The number of hydrogen-bond donors (Lipinski definition) is 0. The molecule has 0 aromatic heterocycles. The van der Waals surface area contributed by atoms with Crippen LogP contribution in [0.25, 0.3) is 5.57 Å². The molecule has 2 heterocycles. The average molecular weight is 447 g/mol. The lowest BCUT2D eigenvalue weighted by molar-refractivity contribution is -0.120. The molecule has 0 radical (unpaired) electrons. The van der Waals surface area contributed by atoms with Gasteiger partial charge in [0.25, 0.3) is 11.8 Å². The second-order valence-corrected chi connectivity index (χ2v) is 9.66. The Morgan fingerprint density at radius 3 is 2.18 bits per heavy atom. The van der Waals surface area contributed by atoms with Crippen molar-refractivity contribution < 1.29 is 14.3 Å². The number of carbonyl (C=O) groups excluding carboxylic acids is 2. The summed E-state index contributed by atoms with van der Waals surface area (Å²) in [6.45, 7) is 12.7. The Hall–Kier alpha value is -3.08. The van der Waals surface area contributed by atoms with Gasteiger partial charge in [0.15, 0.2) is 0 Å². The largest absolute Gasteiger partial charge is 0.494 e. The number of piperidine rings is 1. The lowest BCUT2D eigenvalue weighted by Gasteiger charge is -2.37. The van der Waals surface area contributed by atoms with E-state index in [2.05, 4.69) is 25.7 Å². The molecule has 2 aromatic rings. The van der Waals surface area contributed by atoms with Gasteiger partial charge in [-0.05, 0) is 79.5 Å². The minimum absolute atomic E-state index is 0.231. The molecule has 2 amide bonds. The summed E-state index contributed by atoms with van der Waals surface area (Å²) in [7, 11) is 0. The number of hydrogen-bond acceptors (Lipinski definition) is 4. The third-order valence-electron chi connectivity index (χ3n) is 6.61. The van der Waals surface area contributed by atoms with E-state index in [9.17, 15) is 9.59 Å². The maximum atomic E-state index is 13.8. The van der Waals surface area contributed by atoms with Crippen molar-refractivity contribution in [3.05, 3.63) is 64.9 Å². The highest BCUT2D eigenvalue weighted by molar-refractivity contribution is 6.45. The molecule has 0 aliphatic carbocycles. The van der Waals surface area contributed by atoms with Gasteiger partial charge in [0.05, 0.1) is 17.9 Å². The van der Waals surface area contributed by atoms with Crippen LogP contribution in [-0.2, 0) is 9.59 Å². The van der Waals surface area contributed by atoms with Crippen molar-refractivity contribution in [3.63, 3.8) is 0 Å². The van der Waals surface area contributed by atoms with Gasteiger partial charge in [-0.25, -0.2) is 4.90 Å². The fourth-order valence-corrected chi connectivity index (χ4v) is 4.95. The number of likely N-dealkylation sites (tertiary alicyclic amines) is 1. The summed E-state index contributed by atoms with van der Waals surface area (Å²) < 4.78 is 5.72. The molecule has 0 N–H and O–H groups in total. The Balaban J connectivity index is 1.78. The molecule has 0 bridgehead atoms. The molecule has 2 unspecified atom stereocenters. The number of imide groups is 1. The first kappa shape index (κ1) is 23.1. The fraction of sp³-hybridized carbons (Fsp3) is 0.429. The van der Waals surface area contributed by atoms with Gasteiger partial charge in [0.2, 0.25) is 0 Å². The van der Waals surface area contributed by atoms with Crippen molar-refractivity contribution in [2.24, 2.45) is 11.8 Å². The summed E-state index contributed by atoms with van der Waals surface area (Å²) in [4.78, 5) is 31.1. The van der Waals surface area contributed by atoms with Crippen molar-refractivity contribution >= 4 is 23.1 Å². The standard InChI is InChI=1S/C28H34N2O3/c1-6-13-33-24-11-8-22(9-12-24)25-26(29-16-18(2)14-19(3)17-29)28(32)30(27(25)31)23-10-7-20(4)21(5)15-23/h7-12,15,18-19H,6,13-14,16-17H2,1-5H3. The first-order chi connectivity index (χ1) is 15.8. The SMILES string of the molecule is CCCOc1ccc(C2=C(N3CC(C)CC(C)C3)C(=O)N(c3ccc(C)c(C)c3)C2=O)cc1. The van der Waals surface area contributed by atoms with Crippen LogP contribution >= 0.6 is 0 Å². The zero-order valence-corrected chi connectivity index (χ0v) is 20.4. The first-order valence-corrected chi connectivity index (χ1v) is 12.0. The van der Waals surface area contributed by atoms with Gasteiger partial charge in [0.1, 0.15) is 11.4 Å². The monoisotopic (exact) mass is 446 g/mol. The van der Waals surface area contributed by atoms with Gasteiger partial charge in [-0.1, -0.05) is 39.0 Å². The third-order valence-corrected chi connectivity index (χ3v) is 6.61. The number of rotatable bonds is 6. The van der Waals surface area contributed by atoms with Crippen LogP contribution in [0, 0.1) is 25.7 Å². The molecule has 4 rings (SSSR count). The van der Waals surface area contributed by atoms with Crippen LogP contribution in [0.3, 0.4) is 0 Å². The van der Waals surface area contributed by atoms with Crippen LogP contribution < -0.4 is 9.64 Å². The molecule has 2 aliphatic heterocycles. The molecule has 174 valence electrons. The number of aryl methyl sites for hydroxylation is 2. The predicted molar refractivity (Wildman–Crippen MR) is 132 cm³/mol. The summed E-state index contributed by atoms with van der Waals surface area (Å²) in [6.07, 6.45) is 2.06. The maximum Gasteiger partial charge on any atom is 0.282 e. The average Bonchev–Trinajstić information content (AvgIpc) is 3.04. The molecule has 2 aromatic carbocycles. The number of amides is 2. The van der Waals surface area contributed by atoms with Crippen LogP contribution in [0.4, 0.5) is 5.69 Å². The summed E-state index contributed by atoms with van der Waals surface area (Å²) in [5, 5.41) is 0. The Bertz CT molecular complexity index is 1080. The van der Waals surface area contributed by atoms with Crippen molar-refractivity contribution in [1.29, 1.82) is 0 Å². The quantitative estimate of drug-likeness (QED) is 0.561. The van der Waals surface area contributed by atoms with Crippen molar-refractivity contribution in [2.75, 3.05) is 24.6 Å². The molecule has 33 heavy (non-hydrogen) atoms. The predicted octanol–water partition coefficient (Wildman–Crippen LogP) is 5.35. The zero-order chi connectivity index (χ0) is 23.7. The molecule has 1 fully saturated rings. The smallest absolute Gasteiger partial charge is 0.282 e. The van der Waals surface area contributed by atoms with Gasteiger partial charge >= 0.3 is 0 Å². The fourth-order valence-electron chi connectivity index (χ4n) is 4.95. The van der Waals surface area contributed by atoms with E-state index in [-0.39, 0.29) is 11.8 Å². The maximum absolute atomic E-state index is 13.8. The van der Waals surface area contributed by atoms with E-state index in [4.69, 9.17) is 4.74 Å². The highest BCUT2D eigenvalue weighted by atomic mass is 16.5. The highest BCUT2D eigenvalue weighted by Crippen LogP contribution is 2.38. The summed E-state index contributed by atoms with van der Waals surface area (Å²) in [5.74, 6) is 1.21. The van der Waals surface area contributed by atoms with E-state index in [1.54, 1.807) is 0 Å². The first-order valence-electron chi connectivity index (χ1n) is 12.0. The van der Waals surface area contributed by atoms with Gasteiger partial charge in [-0.15, -0.1) is 0 Å². The molecule has 5 nitrogen and oxygen atoms in total. The van der Waals surface area contributed by atoms with Gasteiger partial charge in [0, 0.05) is 13.1 Å². The Labute approximate surface area is 197 Å². The second-order valence-electron chi connectivity index (χ2n) is 9.66. The molecule has 1 saturated heterocycles. The molecule has 5 heteroatoms. The van der Waals surface area contributed by atoms with Gasteiger partial charge in [-0.2, -0.15) is 0 Å². The Morgan fingerprint density at radius 2 is 1.58 bits per heavy atom. The summed E-state index contributed by atoms with van der Waals surface area (Å²) in [6, 6.07) is 13.3. The second kappa shape index (κ2) is 9.42.